The minimum absolute atomic E-state index is 0.519. The number of rotatable bonds is 5. The van der Waals surface area contributed by atoms with Gasteiger partial charge in [0.25, 0.3) is 0 Å². The van der Waals surface area contributed by atoms with E-state index in [1.165, 1.54) is 32.6 Å². The van der Waals surface area contributed by atoms with Crippen LogP contribution in [0.4, 0.5) is 17.4 Å². The average molecular weight is 628 g/mol. The van der Waals surface area contributed by atoms with Crippen molar-refractivity contribution >= 4 is 71.8 Å². The molecule has 0 amide bonds. The van der Waals surface area contributed by atoms with E-state index >= 15 is 0 Å². The second kappa shape index (κ2) is 11.0. The van der Waals surface area contributed by atoms with Gasteiger partial charge in [-0.05, 0) is 75.8 Å². The quantitative estimate of drug-likeness (QED) is 0.190. The predicted octanol–water partition coefficient (Wildman–Crippen LogP) is 12.4. The zero-order chi connectivity index (χ0) is 32.3. The molecule has 0 saturated carbocycles. The summed E-state index contributed by atoms with van der Waals surface area (Å²) in [6, 6.07) is 62.5. The minimum Gasteiger partial charge on any atom is -0.423 e. The van der Waals surface area contributed by atoms with Crippen molar-refractivity contribution in [2.75, 3.05) is 4.90 Å². The van der Waals surface area contributed by atoms with Crippen LogP contribution in [0.3, 0.4) is 0 Å². The standard InChI is InChI=1S/C45H29N3O/c1-2-14-33(15-3-1)48-41-20-9-8-18-39(41)40-27-26-35(29-42(40)48)47(45-46-44-38-17-7-5-12-31(38)23-28-43(44)49-45)34-24-21-32(22-25-34)37-19-10-13-30-11-4-6-16-36(30)37/h1-29H. The molecule has 10 rings (SSSR count). The summed E-state index contributed by atoms with van der Waals surface area (Å²) < 4.78 is 8.96. The third kappa shape index (κ3) is 4.42. The van der Waals surface area contributed by atoms with Crippen molar-refractivity contribution in [2.24, 2.45) is 0 Å². The lowest BCUT2D eigenvalue weighted by Gasteiger charge is -2.22. The van der Waals surface area contributed by atoms with E-state index in [1.54, 1.807) is 0 Å². The molecule has 0 aliphatic rings. The normalized spacial score (nSPS) is 11.7. The fraction of sp³-hybridized carbons (Fsp3) is 0. The van der Waals surface area contributed by atoms with Crippen LogP contribution in [0, 0.1) is 0 Å². The highest BCUT2D eigenvalue weighted by Gasteiger charge is 2.22. The second-order valence-corrected chi connectivity index (χ2v) is 12.4. The summed E-state index contributed by atoms with van der Waals surface area (Å²) in [4.78, 5) is 7.30. The Bertz CT molecular complexity index is 2820. The molecule has 0 saturated heterocycles. The van der Waals surface area contributed by atoms with Crippen LogP contribution in [0.2, 0.25) is 0 Å². The van der Waals surface area contributed by atoms with Crippen molar-refractivity contribution in [2.45, 2.75) is 0 Å². The lowest BCUT2D eigenvalue weighted by molar-refractivity contribution is 0.608. The Balaban J connectivity index is 1.19. The molecule has 4 heteroatoms. The lowest BCUT2D eigenvalue weighted by atomic mass is 9.98. The third-order valence-corrected chi connectivity index (χ3v) is 9.62. The Labute approximate surface area is 282 Å². The molecule has 0 radical (unpaired) electrons. The molecule has 0 N–H and O–H groups in total. The van der Waals surface area contributed by atoms with Gasteiger partial charge >= 0.3 is 6.01 Å². The van der Waals surface area contributed by atoms with E-state index in [4.69, 9.17) is 9.40 Å². The van der Waals surface area contributed by atoms with Gasteiger partial charge in [0.1, 0.15) is 5.52 Å². The largest absolute Gasteiger partial charge is 0.423 e. The number of benzene rings is 8. The van der Waals surface area contributed by atoms with E-state index in [2.05, 4.69) is 179 Å². The zero-order valence-electron chi connectivity index (χ0n) is 26.5. The van der Waals surface area contributed by atoms with Crippen molar-refractivity contribution in [3.63, 3.8) is 0 Å². The van der Waals surface area contributed by atoms with Crippen LogP contribution in [-0.2, 0) is 0 Å². The highest BCUT2D eigenvalue weighted by atomic mass is 16.4. The maximum Gasteiger partial charge on any atom is 0.307 e. The average Bonchev–Trinajstić information content (AvgIpc) is 3.75. The first kappa shape index (κ1) is 27.5. The number of nitrogens with zero attached hydrogens (tertiary/aromatic N) is 3. The molecular weight excluding hydrogens is 599 g/mol. The number of hydrogen-bond acceptors (Lipinski definition) is 3. The number of hydrogen-bond donors (Lipinski definition) is 0. The first-order valence-corrected chi connectivity index (χ1v) is 16.6. The van der Waals surface area contributed by atoms with E-state index in [-0.39, 0.29) is 0 Å². The highest BCUT2D eigenvalue weighted by Crippen LogP contribution is 2.41. The topological polar surface area (TPSA) is 34.2 Å². The molecule has 0 bridgehead atoms. The Hall–Kier alpha value is -6.65. The van der Waals surface area contributed by atoms with Crippen molar-refractivity contribution < 1.29 is 4.42 Å². The Morgan fingerprint density at radius 1 is 0.469 bits per heavy atom. The molecule has 10 aromatic rings. The fourth-order valence-electron chi connectivity index (χ4n) is 7.34. The summed E-state index contributed by atoms with van der Waals surface area (Å²) in [5.41, 5.74) is 9.29. The zero-order valence-corrected chi connectivity index (χ0v) is 26.5. The second-order valence-electron chi connectivity index (χ2n) is 12.4. The molecule has 0 aliphatic heterocycles. The molecule has 0 aliphatic carbocycles. The molecule has 0 spiro atoms. The Kier molecular flexibility index (Phi) is 6.15. The Morgan fingerprint density at radius 2 is 1.12 bits per heavy atom. The predicted molar refractivity (Wildman–Crippen MR) is 203 cm³/mol. The van der Waals surface area contributed by atoms with Crippen LogP contribution in [0.5, 0.6) is 0 Å². The van der Waals surface area contributed by atoms with Gasteiger partial charge in [-0.2, -0.15) is 4.98 Å². The SMILES string of the molecule is c1ccc(-n2c3ccccc3c3ccc(N(c4ccc(-c5cccc6ccccc56)cc4)c4nc5c(ccc6ccccc65)o4)cc32)cc1. The summed E-state index contributed by atoms with van der Waals surface area (Å²) in [6.45, 7) is 0. The number of anilines is 3. The van der Waals surface area contributed by atoms with E-state index in [0.717, 1.165) is 50.0 Å². The van der Waals surface area contributed by atoms with Crippen LogP contribution in [0.25, 0.3) is 71.3 Å². The van der Waals surface area contributed by atoms with Gasteiger partial charge in [-0.25, -0.2) is 0 Å². The summed E-state index contributed by atoms with van der Waals surface area (Å²) >= 11 is 0. The van der Waals surface area contributed by atoms with Crippen molar-refractivity contribution in [1.82, 2.24) is 9.55 Å². The molecule has 230 valence electrons. The van der Waals surface area contributed by atoms with Gasteiger partial charge in [0.15, 0.2) is 5.58 Å². The van der Waals surface area contributed by atoms with Crippen LogP contribution >= 0.6 is 0 Å². The monoisotopic (exact) mass is 627 g/mol. The van der Waals surface area contributed by atoms with Crippen molar-refractivity contribution in [1.29, 1.82) is 0 Å². The van der Waals surface area contributed by atoms with Crippen LogP contribution in [0.1, 0.15) is 0 Å². The minimum atomic E-state index is 0.519. The van der Waals surface area contributed by atoms with Gasteiger partial charge in [-0.15, -0.1) is 0 Å². The van der Waals surface area contributed by atoms with E-state index in [1.807, 2.05) is 6.07 Å². The summed E-state index contributed by atoms with van der Waals surface area (Å²) in [5, 5.41) is 7.08. The molecule has 2 aromatic heterocycles. The van der Waals surface area contributed by atoms with Gasteiger partial charge in [0.2, 0.25) is 0 Å². The van der Waals surface area contributed by atoms with Gasteiger partial charge < -0.3 is 8.98 Å². The third-order valence-electron chi connectivity index (χ3n) is 9.62. The van der Waals surface area contributed by atoms with Gasteiger partial charge in [-0.1, -0.05) is 127 Å². The Morgan fingerprint density at radius 3 is 1.96 bits per heavy atom. The summed E-state index contributed by atoms with van der Waals surface area (Å²) in [6.07, 6.45) is 0. The first-order valence-electron chi connectivity index (χ1n) is 16.6. The molecular formula is C45H29N3O. The summed E-state index contributed by atoms with van der Waals surface area (Å²) in [7, 11) is 0. The number of oxazole rings is 1. The molecule has 49 heavy (non-hydrogen) atoms. The van der Waals surface area contributed by atoms with Gasteiger partial charge in [-0.3, -0.25) is 4.90 Å². The smallest absolute Gasteiger partial charge is 0.307 e. The van der Waals surface area contributed by atoms with E-state index in [9.17, 15) is 0 Å². The number of para-hydroxylation sites is 2. The summed E-state index contributed by atoms with van der Waals surface area (Å²) in [5.74, 6) is 0. The molecule has 8 aromatic carbocycles. The first-order chi connectivity index (χ1) is 24.3. The fourth-order valence-corrected chi connectivity index (χ4v) is 7.34. The van der Waals surface area contributed by atoms with Crippen molar-refractivity contribution in [3.8, 4) is 16.8 Å². The molecule has 0 atom stereocenters. The molecule has 0 fully saturated rings. The lowest BCUT2D eigenvalue weighted by Crippen LogP contribution is -2.10. The van der Waals surface area contributed by atoms with Gasteiger partial charge in [0.05, 0.1) is 22.4 Å². The maximum absolute atomic E-state index is 6.61. The maximum atomic E-state index is 6.61. The van der Waals surface area contributed by atoms with E-state index < -0.39 is 0 Å². The van der Waals surface area contributed by atoms with Crippen LogP contribution in [-0.4, -0.2) is 9.55 Å². The molecule has 0 unspecified atom stereocenters. The number of aromatic nitrogens is 2. The number of fused-ring (bicyclic) bond motifs is 7. The van der Waals surface area contributed by atoms with Crippen molar-refractivity contribution in [3.05, 3.63) is 176 Å². The highest BCUT2D eigenvalue weighted by molar-refractivity contribution is 6.10. The molecule has 2 heterocycles. The van der Waals surface area contributed by atoms with Crippen LogP contribution in [0.15, 0.2) is 180 Å². The van der Waals surface area contributed by atoms with E-state index in [0.29, 0.717) is 6.01 Å². The molecule has 4 nitrogen and oxygen atoms in total. The van der Waals surface area contributed by atoms with Gasteiger partial charge in [0, 0.05) is 21.8 Å². The van der Waals surface area contributed by atoms with Crippen LogP contribution < -0.4 is 4.90 Å².